The molecule has 2 heterocycles. The molecule has 0 bridgehead atoms. The SMILES string of the molecule is CCCNCc1ccc(S(=O)(=O)NCc2nccs2)nc1. The number of nitrogens with zero attached hydrogens (tertiary/aromatic N) is 2. The number of hydrogen-bond donors (Lipinski definition) is 2. The molecule has 0 aliphatic rings. The summed E-state index contributed by atoms with van der Waals surface area (Å²) in [5.74, 6) is 0. The zero-order valence-electron chi connectivity index (χ0n) is 11.7. The lowest BCUT2D eigenvalue weighted by molar-refractivity contribution is 0.577. The van der Waals surface area contributed by atoms with Gasteiger partial charge >= 0.3 is 0 Å². The summed E-state index contributed by atoms with van der Waals surface area (Å²) in [6, 6.07) is 3.29. The molecule has 0 atom stereocenters. The van der Waals surface area contributed by atoms with Gasteiger partial charge in [0.15, 0.2) is 5.03 Å². The number of hydrogen-bond acceptors (Lipinski definition) is 6. The van der Waals surface area contributed by atoms with E-state index in [1.165, 1.54) is 17.4 Å². The Labute approximate surface area is 128 Å². The molecule has 2 N–H and O–H groups in total. The van der Waals surface area contributed by atoms with E-state index < -0.39 is 10.0 Å². The van der Waals surface area contributed by atoms with Crippen molar-refractivity contribution in [2.45, 2.75) is 31.5 Å². The normalized spacial score (nSPS) is 11.7. The topological polar surface area (TPSA) is 84.0 Å². The number of rotatable bonds is 8. The van der Waals surface area contributed by atoms with Crippen molar-refractivity contribution < 1.29 is 8.42 Å². The predicted octanol–water partition coefficient (Wildman–Crippen LogP) is 1.52. The monoisotopic (exact) mass is 326 g/mol. The van der Waals surface area contributed by atoms with E-state index in [2.05, 4.69) is 26.9 Å². The van der Waals surface area contributed by atoms with Crippen LogP contribution in [0.3, 0.4) is 0 Å². The first kappa shape index (κ1) is 16.0. The van der Waals surface area contributed by atoms with E-state index in [4.69, 9.17) is 0 Å². The molecule has 0 amide bonds. The van der Waals surface area contributed by atoms with Crippen LogP contribution in [0.4, 0.5) is 0 Å². The molecular formula is C13H18N4O2S2. The number of sulfonamides is 1. The van der Waals surface area contributed by atoms with E-state index in [9.17, 15) is 8.42 Å². The van der Waals surface area contributed by atoms with Gasteiger partial charge in [0.1, 0.15) is 5.01 Å². The summed E-state index contributed by atoms with van der Waals surface area (Å²) < 4.78 is 26.7. The molecule has 0 unspecified atom stereocenters. The van der Waals surface area contributed by atoms with Crippen LogP contribution in [0.25, 0.3) is 0 Å². The summed E-state index contributed by atoms with van der Waals surface area (Å²) in [4.78, 5) is 8.05. The van der Waals surface area contributed by atoms with Gasteiger partial charge in [0.2, 0.25) is 0 Å². The Morgan fingerprint density at radius 1 is 1.24 bits per heavy atom. The van der Waals surface area contributed by atoms with E-state index in [1.807, 2.05) is 0 Å². The second-order valence-electron chi connectivity index (χ2n) is 4.43. The first-order valence-corrected chi connectivity index (χ1v) is 9.02. The summed E-state index contributed by atoms with van der Waals surface area (Å²) >= 11 is 1.41. The minimum absolute atomic E-state index is 0.0262. The van der Waals surface area contributed by atoms with Gasteiger partial charge in [-0.25, -0.2) is 23.1 Å². The van der Waals surface area contributed by atoms with E-state index in [-0.39, 0.29) is 11.6 Å². The highest BCUT2D eigenvalue weighted by atomic mass is 32.2. The highest BCUT2D eigenvalue weighted by Crippen LogP contribution is 2.09. The molecule has 2 rings (SSSR count). The highest BCUT2D eigenvalue weighted by Gasteiger charge is 2.15. The number of nitrogens with one attached hydrogen (secondary N) is 2. The molecule has 21 heavy (non-hydrogen) atoms. The van der Waals surface area contributed by atoms with Crippen LogP contribution in [-0.2, 0) is 23.1 Å². The highest BCUT2D eigenvalue weighted by molar-refractivity contribution is 7.89. The third-order valence-electron chi connectivity index (χ3n) is 2.73. The standard InChI is InChI=1S/C13H18N4O2S2/c1-2-5-14-8-11-3-4-13(16-9-11)21(18,19)17-10-12-15-6-7-20-12/h3-4,6-7,9,14,17H,2,5,8,10H2,1H3. The van der Waals surface area contributed by atoms with Gasteiger partial charge in [-0.3, -0.25) is 0 Å². The van der Waals surface area contributed by atoms with Gasteiger partial charge in [0, 0.05) is 24.3 Å². The van der Waals surface area contributed by atoms with Crippen molar-refractivity contribution in [3.63, 3.8) is 0 Å². The first-order chi connectivity index (χ1) is 10.1. The third-order valence-corrected chi connectivity index (χ3v) is 4.82. The summed E-state index contributed by atoms with van der Waals surface area (Å²) in [5, 5.41) is 5.79. The van der Waals surface area contributed by atoms with Crippen LogP contribution in [0, 0.1) is 0 Å². The Bertz CT molecular complexity index is 639. The smallest absolute Gasteiger partial charge is 0.258 e. The second kappa shape index (κ2) is 7.60. The third kappa shape index (κ3) is 4.85. The van der Waals surface area contributed by atoms with Crippen molar-refractivity contribution in [1.29, 1.82) is 0 Å². The van der Waals surface area contributed by atoms with Crippen LogP contribution >= 0.6 is 11.3 Å². The van der Waals surface area contributed by atoms with Crippen LogP contribution in [0.5, 0.6) is 0 Å². The van der Waals surface area contributed by atoms with Gasteiger partial charge in [0.05, 0.1) is 6.54 Å². The Morgan fingerprint density at radius 2 is 2.10 bits per heavy atom. The molecule has 114 valence electrons. The summed E-state index contributed by atoms with van der Waals surface area (Å²) in [6.45, 7) is 3.89. The molecule has 8 heteroatoms. The van der Waals surface area contributed by atoms with E-state index in [1.54, 1.807) is 23.8 Å². The molecule has 0 saturated heterocycles. The minimum Gasteiger partial charge on any atom is -0.313 e. The summed E-state index contributed by atoms with van der Waals surface area (Å²) in [5.41, 5.74) is 0.960. The molecule has 0 radical (unpaired) electrons. The van der Waals surface area contributed by atoms with Gasteiger partial charge in [-0.2, -0.15) is 0 Å². The number of pyridine rings is 1. The minimum atomic E-state index is -3.59. The van der Waals surface area contributed by atoms with Crippen LogP contribution in [0.15, 0.2) is 34.9 Å². The molecule has 2 aromatic rings. The largest absolute Gasteiger partial charge is 0.313 e. The fourth-order valence-corrected chi connectivity index (χ4v) is 3.22. The Balaban J connectivity index is 1.96. The average Bonchev–Trinajstić information content (AvgIpc) is 3.00. The average molecular weight is 326 g/mol. The maximum absolute atomic E-state index is 12.1. The molecule has 0 fully saturated rings. The lowest BCUT2D eigenvalue weighted by Crippen LogP contribution is -2.24. The van der Waals surface area contributed by atoms with Gasteiger partial charge in [-0.1, -0.05) is 13.0 Å². The van der Waals surface area contributed by atoms with Gasteiger partial charge in [-0.05, 0) is 24.6 Å². The van der Waals surface area contributed by atoms with Gasteiger partial charge in [0.25, 0.3) is 10.0 Å². The number of thiazole rings is 1. The lowest BCUT2D eigenvalue weighted by Gasteiger charge is -2.06. The quantitative estimate of drug-likeness (QED) is 0.719. The molecule has 0 saturated carbocycles. The Hall–Kier alpha value is -1.35. The zero-order valence-corrected chi connectivity index (χ0v) is 13.4. The van der Waals surface area contributed by atoms with E-state index >= 15 is 0 Å². The van der Waals surface area contributed by atoms with Gasteiger partial charge < -0.3 is 5.32 Å². The van der Waals surface area contributed by atoms with Crippen LogP contribution in [0.2, 0.25) is 0 Å². The Kier molecular flexibility index (Phi) is 5.80. The molecule has 0 spiro atoms. The molecule has 2 aromatic heterocycles. The zero-order chi connectivity index (χ0) is 15.1. The molecule has 0 aliphatic carbocycles. The van der Waals surface area contributed by atoms with Crippen LogP contribution in [0.1, 0.15) is 23.9 Å². The fraction of sp³-hybridized carbons (Fsp3) is 0.385. The second-order valence-corrected chi connectivity index (χ2v) is 7.12. The van der Waals surface area contributed by atoms with Crippen molar-refractivity contribution >= 4 is 21.4 Å². The maximum Gasteiger partial charge on any atom is 0.258 e. The van der Waals surface area contributed by atoms with E-state index in [0.717, 1.165) is 23.5 Å². The molecule has 6 nitrogen and oxygen atoms in total. The number of aromatic nitrogens is 2. The van der Waals surface area contributed by atoms with Gasteiger partial charge in [-0.15, -0.1) is 11.3 Å². The Morgan fingerprint density at radius 3 is 2.71 bits per heavy atom. The molecule has 0 aliphatic heterocycles. The van der Waals surface area contributed by atoms with Crippen molar-refractivity contribution in [2.24, 2.45) is 0 Å². The summed E-state index contributed by atoms with van der Waals surface area (Å²) in [7, 11) is -3.59. The van der Waals surface area contributed by atoms with Crippen molar-refractivity contribution in [3.05, 3.63) is 40.5 Å². The fourth-order valence-electron chi connectivity index (χ4n) is 1.65. The molecule has 0 aromatic carbocycles. The first-order valence-electron chi connectivity index (χ1n) is 6.65. The van der Waals surface area contributed by atoms with Crippen LogP contribution in [-0.4, -0.2) is 24.9 Å². The maximum atomic E-state index is 12.1. The lowest BCUT2D eigenvalue weighted by atomic mass is 10.3. The van der Waals surface area contributed by atoms with Crippen LogP contribution < -0.4 is 10.0 Å². The molecular weight excluding hydrogens is 308 g/mol. The van der Waals surface area contributed by atoms with Crippen molar-refractivity contribution in [1.82, 2.24) is 20.0 Å². The van der Waals surface area contributed by atoms with E-state index in [0.29, 0.717) is 6.54 Å². The van der Waals surface area contributed by atoms with Crippen molar-refractivity contribution in [3.8, 4) is 0 Å². The van der Waals surface area contributed by atoms with Crippen molar-refractivity contribution in [2.75, 3.05) is 6.54 Å². The summed E-state index contributed by atoms with van der Waals surface area (Å²) in [6.07, 6.45) is 4.28. The predicted molar refractivity (Wildman–Crippen MR) is 82.4 cm³/mol.